The number of nitrogens with two attached hydrogens (primary N) is 1. The van der Waals surface area contributed by atoms with Crippen LogP contribution in [0, 0.1) is 0 Å². The van der Waals surface area contributed by atoms with Crippen molar-refractivity contribution in [2.75, 3.05) is 11.5 Å². The third kappa shape index (κ3) is 8.79. The van der Waals surface area contributed by atoms with Crippen molar-refractivity contribution in [3.8, 4) is 11.3 Å². The summed E-state index contributed by atoms with van der Waals surface area (Å²) >= 11 is 0. The van der Waals surface area contributed by atoms with E-state index in [-0.39, 0.29) is 5.41 Å². The van der Waals surface area contributed by atoms with Gasteiger partial charge in [0.15, 0.2) is 0 Å². The lowest BCUT2D eigenvalue weighted by Crippen LogP contribution is -2.37. The molecular formula is C25H42N4O2S. The highest BCUT2D eigenvalue weighted by Gasteiger charge is 2.29. The molecule has 0 radical (unpaired) electrons. The molecule has 0 bridgehead atoms. The van der Waals surface area contributed by atoms with E-state index in [0.29, 0.717) is 24.3 Å². The van der Waals surface area contributed by atoms with Gasteiger partial charge in [-0.2, -0.15) is 4.36 Å². The van der Waals surface area contributed by atoms with E-state index in [9.17, 15) is 9.00 Å². The van der Waals surface area contributed by atoms with Crippen molar-refractivity contribution >= 4 is 15.6 Å². The number of benzene rings is 1. The highest BCUT2D eigenvalue weighted by atomic mass is 32.2. The quantitative estimate of drug-likeness (QED) is 0.622. The van der Waals surface area contributed by atoms with E-state index < -0.39 is 21.7 Å². The maximum Gasteiger partial charge on any atom is 0.270 e. The van der Waals surface area contributed by atoms with Crippen molar-refractivity contribution in [1.82, 2.24) is 9.97 Å². The Kier molecular flexibility index (Phi) is 13.9. The summed E-state index contributed by atoms with van der Waals surface area (Å²) in [5.41, 5.74) is 8.00. The van der Waals surface area contributed by atoms with Gasteiger partial charge < -0.3 is 5.73 Å². The summed E-state index contributed by atoms with van der Waals surface area (Å²) in [7, 11) is -2.52. The predicted octanol–water partition coefficient (Wildman–Crippen LogP) is 5.62. The minimum Gasteiger partial charge on any atom is -0.320 e. The fraction of sp³-hybridized carbons (Fsp3) is 0.560. The van der Waals surface area contributed by atoms with Crippen LogP contribution in [0.15, 0.2) is 47.1 Å². The summed E-state index contributed by atoms with van der Waals surface area (Å²) in [5.74, 6) is 0.306. The summed E-state index contributed by atoms with van der Waals surface area (Å²) in [6.45, 7) is 16.1. The SMILES string of the molecule is CC.CC.CC.CC(C)(CCS1(=O)=NC(=O)C(N)CC1)c1cnc(-c2ccccc2)cn1. The van der Waals surface area contributed by atoms with Crippen LogP contribution in [0.5, 0.6) is 0 Å². The topological polar surface area (TPSA) is 98.3 Å². The monoisotopic (exact) mass is 462 g/mol. The number of hydrogen-bond acceptors (Lipinski definition) is 5. The summed E-state index contributed by atoms with van der Waals surface area (Å²) in [6.07, 6.45) is 4.58. The normalized spacial score (nSPS) is 19.7. The third-order valence-corrected chi connectivity index (χ3v) is 7.01. The molecule has 1 aromatic heterocycles. The second kappa shape index (κ2) is 14.9. The van der Waals surface area contributed by atoms with Crippen LogP contribution >= 0.6 is 0 Å². The molecule has 2 N–H and O–H groups in total. The van der Waals surface area contributed by atoms with Crippen LogP contribution in [0.25, 0.3) is 11.3 Å². The van der Waals surface area contributed by atoms with E-state index in [1.165, 1.54) is 0 Å². The molecule has 180 valence electrons. The van der Waals surface area contributed by atoms with E-state index in [0.717, 1.165) is 17.0 Å². The Morgan fingerprint density at radius 1 is 1.00 bits per heavy atom. The number of rotatable bonds is 5. The van der Waals surface area contributed by atoms with Crippen molar-refractivity contribution in [1.29, 1.82) is 0 Å². The van der Waals surface area contributed by atoms with Crippen molar-refractivity contribution < 1.29 is 9.00 Å². The van der Waals surface area contributed by atoms with Gasteiger partial charge in [-0.3, -0.25) is 14.8 Å². The third-order valence-electron chi connectivity index (χ3n) is 4.78. The Bertz CT molecular complexity index is 903. The summed E-state index contributed by atoms with van der Waals surface area (Å²) < 4.78 is 16.7. The summed E-state index contributed by atoms with van der Waals surface area (Å²) in [5, 5.41) is 0. The molecule has 0 spiro atoms. The van der Waals surface area contributed by atoms with E-state index in [2.05, 4.69) is 14.3 Å². The maximum atomic E-state index is 12.8. The van der Waals surface area contributed by atoms with E-state index >= 15 is 0 Å². The molecule has 7 heteroatoms. The Labute approximate surface area is 195 Å². The van der Waals surface area contributed by atoms with Crippen LogP contribution in [0.1, 0.15) is 73.9 Å². The van der Waals surface area contributed by atoms with Gasteiger partial charge in [0, 0.05) is 28.7 Å². The molecule has 1 aromatic carbocycles. The molecule has 2 aromatic rings. The molecular weight excluding hydrogens is 420 g/mol. The molecule has 1 aliphatic rings. The Morgan fingerprint density at radius 2 is 1.59 bits per heavy atom. The van der Waals surface area contributed by atoms with Crippen molar-refractivity contribution in [2.24, 2.45) is 10.1 Å². The molecule has 1 amide bonds. The fourth-order valence-electron chi connectivity index (χ4n) is 2.84. The Morgan fingerprint density at radius 3 is 2.09 bits per heavy atom. The second-order valence-corrected chi connectivity index (χ2v) is 9.84. The van der Waals surface area contributed by atoms with Gasteiger partial charge in [0.05, 0.1) is 33.4 Å². The van der Waals surface area contributed by atoms with Gasteiger partial charge in [0.1, 0.15) is 0 Å². The van der Waals surface area contributed by atoms with Crippen LogP contribution in [0.3, 0.4) is 0 Å². The van der Waals surface area contributed by atoms with Crippen LogP contribution in [-0.4, -0.2) is 37.6 Å². The highest BCUT2D eigenvalue weighted by molar-refractivity contribution is 7.93. The minimum atomic E-state index is -2.52. The second-order valence-electron chi connectivity index (χ2n) is 7.29. The summed E-state index contributed by atoms with van der Waals surface area (Å²) in [6, 6.07) is 9.27. The Balaban J connectivity index is 0.00000148. The van der Waals surface area contributed by atoms with E-state index in [4.69, 9.17) is 5.73 Å². The lowest BCUT2D eigenvalue weighted by atomic mass is 9.86. The number of aromatic nitrogens is 2. The van der Waals surface area contributed by atoms with Gasteiger partial charge in [-0.1, -0.05) is 85.7 Å². The molecule has 3 rings (SSSR count). The number of carbonyl (C=O) groups is 1. The standard InChI is InChI=1S/C19H24N4O2S.3C2H6/c1-19(2,9-11-26(25)10-8-15(20)18(24)23-26)17-13-21-16(12-22-17)14-6-4-3-5-7-14;3*1-2/h3-7,12-13,15H,8-11,20H2,1-2H3;3*1-2H3. The average molecular weight is 463 g/mol. The molecule has 0 fully saturated rings. The highest BCUT2D eigenvalue weighted by Crippen LogP contribution is 2.27. The van der Waals surface area contributed by atoms with Gasteiger partial charge in [-0.05, 0) is 12.8 Å². The maximum absolute atomic E-state index is 12.8. The first kappa shape index (κ1) is 29.9. The van der Waals surface area contributed by atoms with E-state index in [1.54, 1.807) is 12.4 Å². The molecule has 0 saturated heterocycles. The lowest BCUT2D eigenvalue weighted by Gasteiger charge is -2.26. The zero-order valence-electron chi connectivity index (χ0n) is 21.1. The zero-order chi connectivity index (χ0) is 24.8. The molecule has 1 aliphatic heterocycles. The van der Waals surface area contributed by atoms with Gasteiger partial charge in [0.2, 0.25) is 0 Å². The van der Waals surface area contributed by atoms with Crippen molar-refractivity contribution in [3.63, 3.8) is 0 Å². The zero-order valence-corrected chi connectivity index (χ0v) is 21.9. The summed E-state index contributed by atoms with van der Waals surface area (Å²) in [4.78, 5) is 20.8. The molecule has 2 atom stereocenters. The van der Waals surface area contributed by atoms with Gasteiger partial charge >= 0.3 is 0 Å². The van der Waals surface area contributed by atoms with Gasteiger partial charge in [-0.25, -0.2) is 4.21 Å². The van der Waals surface area contributed by atoms with Crippen LogP contribution < -0.4 is 5.73 Å². The van der Waals surface area contributed by atoms with Gasteiger partial charge in [0.25, 0.3) is 5.91 Å². The average Bonchev–Trinajstić information content (AvgIpc) is 2.85. The van der Waals surface area contributed by atoms with E-state index in [1.807, 2.05) is 85.7 Å². The fourth-order valence-corrected chi connectivity index (χ4v) is 5.14. The van der Waals surface area contributed by atoms with Crippen LogP contribution in [0.4, 0.5) is 0 Å². The molecule has 32 heavy (non-hydrogen) atoms. The molecule has 0 aliphatic carbocycles. The smallest absolute Gasteiger partial charge is 0.270 e. The first-order valence-electron chi connectivity index (χ1n) is 11.7. The first-order valence-corrected chi connectivity index (χ1v) is 13.5. The van der Waals surface area contributed by atoms with Crippen LogP contribution in [0.2, 0.25) is 0 Å². The largest absolute Gasteiger partial charge is 0.320 e. The first-order chi connectivity index (χ1) is 15.3. The molecule has 0 saturated carbocycles. The molecule has 6 nitrogen and oxygen atoms in total. The van der Waals surface area contributed by atoms with Gasteiger partial charge in [-0.15, -0.1) is 0 Å². The number of amides is 1. The molecule has 2 unspecified atom stereocenters. The Hall–Kier alpha value is -2.12. The lowest BCUT2D eigenvalue weighted by molar-refractivity contribution is -0.119. The number of hydrogen-bond donors (Lipinski definition) is 1. The predicted molar refractivity (Wildman–Crippen MR) is 137 cm³/mol. The number of carbonyl (C=O) groups excluding carboxylic acids is 1. The number of nitrogens with zero attached hydrogens (tertiary/aromatic N) is 3. The molecule has 2 heterocycles. The van der Waals surface area contributed by atoms with Crippen molar-refractivity contribution in [2.45, 2.75) is 79.7 Å². The van der Waals surface area contributed by atoms with Crippen LogP contribution in [-0.2, 0) is 19.9 Å². The minimum absolute atomic E-state index is 0.315. The van der Waals surface area contributed by atoms with Crippen molar-refractivity contribution in [3.05, 3.63) is 48.4 Å².